The minimum atomic E-state index is -0.0237. The molecule has 0 radical (unpaired) electrons. The van der Waals surface area contributed by atoms with E-state index in [0.717, 1.165) is 24.9 Å². The Morgan fingerprint density at radius 3 is 2.72 bits per heavy atom. The summed E-state index contributed by atoms with van der Waals surface area (Å²) >= 11 is 0. The molecule has 1 saturated carbocycles. The molecular weight excluding hydrogens is 228 g/mol. The van der Waals surface area contributed by atoms with E-state index in [1.54, 1.807) is 31.3 Å². The fourth-order valence-corrected chi connectivity index (χ4v) is 1.64. The van der Waals surface area contributed by atoms with E-state index >= 15 is 0 Å². The molecule has 1 aromatic heterocycles. The van der Waals surface area contributed by atoms with Crippen LogP contribution in [-0.2, 0) is 0 Å². The van der Waals surface area contributed by atoms with Gasteiger partial charge in [0.1, 0.15) is 5.82 Å². The molecule has 1 amide bonds. The van der Waals surface area contributed by atoms with Crippen LogP contribution >= 0.6 is 0 Å². The van der Waals surface area contributed by atoms with E-state index in [2.05, 4.69) is 15.6 Å². The molecule has 1 aliphatic rings. The second-order valence-corrected chi connectivity index (χ2v) is 4.79. The summed E-state index contributed by atoms with van der Waals surface area (Å²) in [5.74, 6) is 0.785. The third-order valence-electron chi connectivity index (χ3n) is 2.86. The first kappa shape index (κ1) is 12.8. The van der Waals surface area contributed by atoms with Crippen molar-refractivity contribution in [3.63, 3.8) is 0 Å². The molecule has 0 aliphatic heterocycles. The number of anilines is 1. The molecule has 0 aromatic carbocycles. The van der Waals surface area contributed by atoms with Crippen molar-refractivity contribution >= 4 is 11.7 Å². The number of hydrogen-bond acceptors (Lipinski definition) is 4. The number of amides is 1. The Kier molecular flexibility index (Phi) is 4.15. The second-order valence-electron chi connectivity index (χ2n) is 4.79. The maximum atomic E-state index is 11.7. The molecule has 98 valence electrons. The van der Waals surface area contributed by atoms with Crippen LogP contribution < -0.4 is 10.6 Å². The van der Waals surface area contributed by atoms with E-state index in [9.17, 15) is 4.79 Å². The Bertz CT molecular complexity index is 398. The van der Waals surface area contributed by atoms with Crippen molar-refractivity contribution in [2.75, 3.05) is 32.5 Å². The van der Waals surface area contributed by atoms with Crippen LogP contribution in [0.4, 0.5) is 5.82 Å². The quantitative estimate of drug-likeness (QED) is 0.736. The number of aromatic nitrogens is 1. The normalized spacial score (nSPS) is 14.3. The Hall–Kier alpha value is -1.62. The summed E-state index contributed by atoms with van der Waals surface area (Å²) in [6.07, 6.45) is 4.22. The Labute approximate surface area is 108 Å². The fourth-order valence-electron chi connectivity index (χ4n) is 1.64. The summed E-state index contributed by atoms with van der Waals surface area (Å²) in [7, 11) is 3.47. The van der Waals surface area contributed by atoms with Gasteiger partial charge in [0.05, 0.1) is 5.56 Å². The van der Waals surface area contributed by atoms with Gasteiger partial charge in [-0.05, 0) is 25.0 Å². The Morgan fingerprint density at radius 1 is 1.39 bits per heavy atom. The number of hydrogen-bond donors (Lipinski definition) is 2. The summed E-state index contributed by atoms with van der Waals surface area (Å²) in [6.45, 7) is 1.80. The molecule has 2 N–H and O–H groups in total. The highest BCUT2D eigenvalue weighted by Gasteiger charge is 2.19. The molecule has 1 aliphatic carbocycles. The van der Waals surface area contributed by atoms with Crippen LogP contribution in [0.15, 0.2) is 18.3 Å². The van der Waals surface area contributed by atoms with Crippen LogP contribution in [0.5, 0.6) is 0 Å². The highest BCUT2D eigenvalue weighted by atomic mass is 16.2. The van der Waals surface area contributed by atoms with E-state index < -0.39 is 0 Å². The number of rotatable bonds is 6. The SMILES string of the molecule is CN(C)C(=O)c1ccc(NCCNC2CC2)nc1. The number of nitrogens with one attached hydrogen (secondary N) is 2. The van der Waals surface area contributed by atoms with Gasteiger partial charge in [0.2, 0.25) is 0 Å². The standard InChI is InChI=1S/C13H20N4O/c1-17(2)13(18)10-3-6-12(16-9-10)15-8-7-14-11-4-5-11/h3,6,9,11,14H,4-5,7-8H2,1-2H3,(H,15,16). The maximum absolute atomic E-state index is 11.7. The maximum Gasteiger partial charge on any atom is 0.254 e. The van der Waals surface area contributed by atoms with Crippen molar-refractivity contribution < 1.29 is 4.79 Å². The third-order valence-corrected chi connectivity index (χ3v) is 2.86. The van der Waals surface area contributed by atoms with Crippen LogP contribution in [0.2, 0.25) is 0 Å². The molecule has 1 aromatic rings. The van der Waals surface area contributed by atoms with E-state index in [1.165, 1.54) is 12.8 Å². The molecule has 5 heteroatoms. The van der Waals surface area contributed by atoms with Crippen molar-refractivity contribution in [2.24, 2.45) is 0 Å². The molecule has 18 heavy (non-hydrogen) atoms. The van der Waals surface area contributed by atoms with E-state index in [4.69, 9.17) is 0 Å². The first-order valence-corrected chi connectivity index (χ1v) is 6.32. The lowest BCUT2D eigenvalue weighted by molar-refractivity contribution is 0.0827. The smallest absolute Gasteiger partial charge is 0.254 e. The number of pyridine rings is 1. The van der Waals surface area contributed by atoms with Gasteiger partial charge in [-0.25, -0.2) is 4.98 Å². The van der Waals surface area contributed by atoms with Crippen molar-refractivity contribution in [2.45, 2.75) is 18.9 Å². The zero-order valence-corrected chi connectivity index (χ0v) is 10.9. The summed E-state index contributed by atoms with van der Waals surface area (Å²) in [5, 5.41) is 6.64. The van der Waals surface area contributed by atoms with Crippen LogP contribution in [0, 0.1) is 0 Å². The van der Waals surface area contributed by atoms with Gasteiger partial charge in [-0.15, -0.1) is 0 Å². The first-order valence-electron chi connectivity index (χ1n) is 6.32. The van der Waals surface area contributed by atoms with Gasteiger partial charge >= 0.3 is 0 Å². The molecule has 2 rings (SSSR count). The minimum absolute atomic E-state index is 0.0237. The van der Waals surface area contributed by atoms with Gasteiger partial charge in [0.25, 0.3) is 5.91 Å². The van der Waals surface area contributed by atoms with Gasteiger partial charge in [-0.2, -0.15) is 0 Å². The third kappa shape index (κ3) is 3.70. The molecular formula is C13H20N4O. The van der Waals surface area contributed by atoms with Gasteiger partial charge < -0.3 is 15.5 Å². The minimum Gasteiger partial charge on any atom is -0.369 e. The van der Waals surface area contributed by atoms with Crippen LogP contribution in [0.25, 0.3) is 0 Å². The van der Waals surface area contributed by atoms with E-state index in [0.29, 0.717) is 5.56 Å². The molecule has 0 spiro atoms. The van der Waals surface area contributed by atoms with Gasteiger partial charge in [0, 0.05) is 39.4 Å². The summed E-state index contributed by atoms with van der Waals surface area (Å²) in [5.41, 5.74) is 0.613. The predicted octanol–water partition coefficient (Wildman–Crippen LogP) is 0.947. The van der Waals surface area contributed by atoms with Gasteiger partial charge in [-0.1, -0.05) is 0 Å². The van der Waals surface area contributed by atoms with Gasteiger partial charge in [0.15, 0.2) is 0 Å². The van der Waals surface area contributed by atoms with Crippen molar-refractivity contribution in [3.8, 4) is 0 Å². The Balaban J connectivity index is 1.77. The van der Waals surface area contributed by atoms with Gasteiger partial charge in [-0.3, -0.25) is 4.79 Å². The van der Waals surface area contributed by atoms with E-state index in [1.807, 2.05) is 6.07 Å². The number of nitrogens with zero attached hydrogens (tertiary/aromatic N) is 2. The van der Waals surface area contributed by atoms with Crippen LogP contribution in [0.1, 0.15) is 23.2 Å². The zero-order valence-electron chi connectivity index (χ0n) is 10.9. The largest absolute Gasteiger partial charge is 0.369 e. The molecule has 0 saturated heterocycles. The molecule has 1 fully saturated rings. The number of carbonyl (C=O) groups excluding carboxylic acids is 1. The van der Waals surface area contributed by atoms with Crippen molar-refractivity contribution in [1.82, 2.24) is 15.2 Å². The Morgan fingerprint density at radius 2 is 2.17 bits per heavy atom. The van der Waals surface area contributed by atoms with Crippen LogP contribution in [0.3, 0.4) is 0 Å². The van der Waals surface area contributed by atoms with E-state index in [-0.39, 0.29) is 5.91 Å². The second kappa shape index (κ2) is 5.82. The van der Waals surface area contributed by atoms with Crippen molar-refractivity contribution in [3.05, 3.63) is 23.9 Å². The summed E-state index contributed by atoms with van der Waals surface area (Å²) < 4.78 is 0. The molecule has 0 bridgehead atoms. The average molecular weight is 248 g/mol. The van der Waals surface area contributed by atoms with Crippen LogP contribution in [-0.4, -0.2) is 49.0 Å². The first-order chi connectivity index (χ1) is 8.66. The highest BCUT2D eigenvalue weighted by Crippen LogP contribution is 2.17. The van der Waals surface area contributed by atoms with Crippen molar-refractivity contribution in [1.29, 1.82) is 0 Å². The number of carbonyl (C=O) groups is 1. The molecule has 0 unspecified atom stereocenters. The summed E-state index contributed by atoms with van der Waals surface area (Å²) in [4.78, 5) is 17.4. The topological polar surface area (TPSA) is 57.3 Å². The lowest BCUT2D eigenvalue weighted by Gasteiger charge is -2.10. The monoisotopic (exact) mass is 248 g/mol. The zero-order chi connectivity index (χ0) is 13.0. The fraction of sp³-hybridized carbons (Fsp3) is 0.538. The summed E-state index contributed by atoms with van der Waals surface area (Å²) in [6, 6.07) is 4.37. The lowest BCUT2D eigenvalue weighted by Crippen LogP contribution is -2.24. The highest BCUT2D eigenvalue weighted by molar-refractivity contribution is 5.93. The molecule has 5 nitrogen and oxygen atoms in total. The lowest BCUT2D eigenvalue weighted by atomic mass is 10.2. The molecule has 0 atom stereocenters. The molecule has 1 heterocycles. The average Bonchev–Trinajstić information content (AvgIpc) is 3.18. The predicted molar refractivity (Wildman–Crippen MR) is 71.8 cm³/mol.